The van der Waals surface area contributed by atoms with Gasteiger partial charge in [-0.2, -0.15) is 0 Å². The Morgan fingerprint density at radius 1 is 0.952 bits per heavy atom. The lowest BCUT2D eigenvalue weighted by atomic mass is 9.99. The standard InChI is InChI=1S/C19H18BrN/c1-13-10-11-18(20)19(12-13)21-14(2)16-9-5-7-15-6-3-4-8-17(15)16/h3-12,14,21H,1-2H3. The van der Waals surface area contributed by atoms with Crippen molar-refractivity contribution in [3.8, 4) is 0 Å². The molecule has 1 unspecified atom stereocenters. The Hall–Kier alpha value is -1.80. The van der Waals surface area contributed by atoms with Gasteiger partial charge in [-0.15, -0.1) is 0 Å². The first-order valence-electron chi connectivity index (χ1n) is 7.15. The van der Waals surface area contributed by atoms with Crippen LogP contribution in [0.5, 0.6) is 0 Å². The first-order chi connectivity index (χ1) is 10.1. The van der Waals surface area contributed by atoms with Crippen molar-refractivity contribution < 1.29 is 0 Å². The molecule has 0 fully saturated rings. The van der Waals surface area contributed by atoms with Crippen LogP contribution in [0.4, 0.5) is 5.69 Å². The minimum absolute atomic E-state index is 0.245. The Balaban J connectivity index is 1.97. The van der Waals surface area contributed by atoms with Gasteiger partial charge in [0.1, 0.15) is 0 Å². The molecule has 3 aromatic carbocycles. The molecule has 1 N–H and O–H groups in total. The van der Waals surface area contributed by atoms with Crippen LogP contribution in [0.1, 0.15) is 24.1 Å². The molecule has 0 aliphatic carbocycles. The van der Waals surface area contributed by atoms with E-state index < -0.39 is 0 Å². The molecule has 0 heterocycles. The quantitative estimate of drug-likeness (QED) is 0.609. The average Bonchev–Trinajstić information content (AvgIpc) is 2.50. The van der Waals surface area contributed by atoms with Crippen LogP contribution in [0, 0.1) is 6.92 Å². The fourth-order valence-electron chi connectivity index (χ4n) is 2.69. The van der Waals surface area contributed by atoms with E-state index in [4.69, 9.17) is 0 Å². The van der Waals surface area contributed by atoms with Gasteiger partial charge in [-0.25, -0.2) is 0 Å². The molecule has 1 nitrogen and oxygen atoms in total. The van der Waals surface area contributed by atoms with E-state index in [0.29, 0.717) is 0 Å². The minimum Gasteiger partial charge on any atom is -0.378 e. The van der Waals surface area contributed by atoms with E-state index in [1.165, 1.54) is 21.9 Å². The van der Waals surface area contributed by atoms with Crippen molar-refractivity contribution in [2.45, 2.75) is 19.9 Å². The molecule has 0 aromatic heterocycles. The number of hydrogen-bond acceptors (Lipinski definition) is 1. The second-order valence-corrected chi connectivity index (χ2v) is 6.27. The summed E-state index contributed by atoms with van der Waals surface area (Å²) < 4.78 is 1.10. The Kier molecular flexibility index (Phi) is 3.98. The maximum Gasteiger partial charge on any atom is 0.0492 e. The van der Waals surface area contributed by atoms with Crippen LogP contribution < -0.4 is 5.32 Å². The molecule has 0 bridgehead atoms. The van der Waals surface area contributed by atoms with E-state index in [1.54, 1.807) is 0 Å². The molecule has 0 aliphatic heterocycles. The van der Waals surface area contributed by atoms with Crippen LogP contribution in [0.25, 0.3) is 10.8 Å². The molecule has 2 heteroatoms. The van der Waals surface area contributed by atoms with Gasteiger partial charge < -0.3 is 5.32 Å². The van der Waals surface area contributed by atoms with Gasteiger partial charge in [-0.3, -0.25) is 0 Å². The number of fused-ring (bicyclic) bond motifs is 1. The monoisotopic (exact) mass is 339 g/mol. The van der Waals surface area contributed by atoms with Crippen molar-refractivity contribution in [3.05, 3.63) is 76.3 Å². The molecular formula is C19H18BrN. The summed E-state index contributed by atoms with van der Waals surface area (Å²) >= 11 is 3.62. The van der Waals surface area contributed by atoms with Gasteiger partial charge in [-0.05, 0) is 63.8 Å². The van der Waals surface area contributed by atoms with Crippen LogP contribution >= 0.6 is 15.9 Å². The summed E-state index contributed by atoms with van der Waals surface area (Å²) in [5.74, 6) is 0. The number of benzene rings is 3. The Morgan fingerprint density at radius 2 is 1.71 bits per heavy atom. The topological polar surface area (TPSA) is 12.0 Å². The Morgan fingerprint density at radius 3 is 2.57 bits per heavy atom. The summed E-state index contributed by atoms with van der Waals surface area (Å²) in [6, 6.07) is 21.6. The molecule has 0 saturated heterocycles. The number of rotatable bonds is 3. The summed E-state index contributed by atoms with van der Waals surface area (Å²) in [4.78, 5) is 0. The van der Waals surface area contributed by atoms with E-state index in [0.717, 1.165) is 10.2 Å². The number of nitrogens with one attached hydrogen (secondary N) is 1. The maximum atomic E-state index is 3.62. The zero-order valence-corrected chi connectivity index (χ0v) is 13.8. The maximum absolute atomic E-state index is 3.62. The van der Waals surface area contributed by atoms with Crippen LogP contribution in [0.15, 0.2) is 65.1 Å². The molecule has 0 spiro atoms. The molecule has 21 heavy (non-hydrogen) atoms. The van der Waals surface area contributed by atoms with E-state index in [1.807, 2.05) is 0 Å². The van der Waals surface area contributed by atoms with Crippen LogP contribution in [-0.4, -0.2) is 0 Å². The van der Waals surface area contributed by atoms with Crippen molar-refractivity contribution in [2.75, 3.05) is 5.32 Å². The van der Waals surface area contributed by atoms with Gasteiger partial charge in [0.05, 0.1) is 0 Å². The fraction of sp³-hybridized carbons (Fsp3) is 0.158. The summed E-state index contributed by atoms with van der Waals surface area (Å²) in [6.45, 7) is 4.32. The van der Waals surface area contributed by atoms with E-state index >= 15 is 0 Å². The van der Waals surface area contributed by atoms with Crippen LogP contribution in [0.2, 0.25) is 0 Å². The van der Waals surface area contributed by atoms with Gasteiger partial charge in [0.15, 0.2) is 0 Å². The summed E-state index contributed by atoms with van der Waals surface area (Å²) in [7, 11) is 0. The van der Waals surface area contributed by atoms with Gasteiger partial charge in [-0.1, -0.05) is 48.5 Å². The lowest BCUT2D eigenvalue weighted by molar-refractivity contribution is 0.893. The van der Waals surface area contributed by atoms with Crippen molar-refractivity contribution in [1.29, 1.82) is 0 Å². The number of hydrogen-bond donors (Lipinski definition) is 1. The summed E-state index contributed by atoms with van der Waals surface area (Å²) in [6.07, 6.45) is 0. The molecule has 0 amide bonds. The largest absolute Gasteiger partial charge is 0.378 e. The fourth-order valence-corrected chi connectivity index (χ4v) is 3.05. The predicted molar refractivity (Wildman–Crippen MR) is 94.9 cm³/mol. The summed E-state index contributed by atoms with van der Waals surface area (Å²) in [5.41, 5.74) is 3.71. The van der Waals surface area contributed by atoms with Crippen molar-refractivity contribution in [2.24, 2.45) is 0 Å². The first-order valence-corrected chi connectivity index (χ1v) is 7.95. The minimum atomic E-state index is 0.245. The second kappa shape index (κ2) is 5.90. The van der Waals surface area contributed by atoms with Crippen molar-refractivity contribution >= 4 is 32.4 Å². The predicted octanol–water partition coefficient (Wildman–Crippen LogP) is 6.08. The van der Waals surface area contributed by atoms with E-state index in [2.05, 4.69) is 95.8 Å². The zero-order chi connectivity index (χ0) is 14.8. The molecule has 3 rings (SSSR count). The van der Waals surface area contributed by atoms with Crippen molar-refractivity contribution in [1.82, 2.24) is 0 Å². The summed E-state index contributed by atoms with van der Waals surface area (Å²) in [5, 5.41) is 6.21. The first kappa shape index (κ1) is 14.2. The highest BCUT2D eigenvalue weighted by atomic mass is 79.9. The number of anilines is 1. The molecular weight excluding hydrogens is 322 g/mol. The van der Waals surface area contributed by atoms with Crippen LogP contribution in [0.3, 0.4) is 0 Å². The van der Waals surface area contributed by atoms with Crippen LogP contribution in [-0.2, 0) is 0 Å². The molecule has 3 aromatic rings. The average molecular weight is 340 g/mol. The third-order valence-corrected chi connectivity index (χ3v) is 4.48. The SMILES string of the molecule is Cc1ccc(Br)c(NC(C)c2cccc3ccccc23)c1. The molecule has 1 atom stereocenters. The van der Waals surface area contributed by atoms with Gasteiger partial charge in [0, 0.05) is 16.2 Å². The van der Waals surface area contributed by atoms with E-state index in [9.17, 15) is 0 Å². The van der Waals surface area contributed by atoms with E-state index in [-0.39, 0.29) is 6.04 Å². The lowest BCUT2D eigenvalue weighted by Gasteiger charge is -2.19. The highest BCUT2D eigenvalue weighted by Crippen LogP contribution is 2.30. The Bertz CT molecular complexity index is 774. The molecule has 0 saturated carbocycles. The van der Waals surface area contributed by atoms with Crippen molar-refractivity contribution in [3.63, 3.8) is 0 Å². The van der Waals surface area contributed by atoms with Gasteiger partial charge in [0.25, 0.3) is 0 Å². The third-order valence-electron chi connectivity index (χ3n) is 3.78. The highest BCUT2D eigenvalue weighted by Gasteiger charge is 2.10. The van der Waals surface area contributed by atoms with Gasteiger partial charge in [0.2, 0.25) is 0 Å². The highest BCUT2D eigenvalue weighted by molar-refractivity contribution is 9.10. The number of halogens is 1. The normalized spacial score (nSPS) is 12.3. The second-order valence-electron chi connectivity index (χ2n) is 5.42. The molecule has 0 aliphatic rings. The smallest absolute Gasteiger partial charge is 0.0492 e. The molecule has 106 valence electrons. The Labute approximate surface area is 134 Å². The number of aryl methyl sites for hydroxylation is 1. The molecule has 0 radical (unpaired) electrons. The zero-order valence-electron chi connectivity index (χ0n) is 12.2. The van der Waals surface area contributed by atoms with Gasteiger partial charge >= 0.3 is 0 Å². The lowest BCUT2D eigenvalue weighted by Crippen LogP contribution is -2.07. The third kappa shape index (κ3) is 2.96.